The van der Waals surface area contributed by atoms with E-state index in [0.717, 1.165) is 31.4 Å². The first kappa shape index (κ1) is 16.0. The van der Waals surface area contributed by atoms with Crippen molar-refractivity contribution in [2.45, 2.75) is 32.4 Å². The fraction of sp³-hybridized carbons (Fsp3) is 0.357. The van der Waals surface area contributed by atoms with Gasteiger partial charge in [0.15, 0.2) is 0 Å². The number of nitro benzene ring substituents is 1. The highest BCUT2D eigenvalue weighted by atomic mass is 35.5. The Bertz CT molecular complexity index is 860. The van der Waals surface area contributed by atoms with E-state index in [-0.39, 0.29) is 21.2 Å². The van der Waals surface area contributed by atoms with Gasteiger partial charge in [-0.1, -0.05) is 23.2 Å². The normalized spacial score (nSPS) is 14.4. The minimum Gasteiger partial charge on any atom is -0.267 e. The molecule has 2 heterocycles. The lowest BCUT2D eigenvalue weighted by atomic mass is 10.1. The molecule has 9 heteroatoms. The number of benzene rings is 1. The van der Waals surface area contributed by atoms with Crippen molar-refractivity contribution in [2.24, 2.45) is 0 Å². The molecule has 0 unspecified atom stereocenters. The molecule has 0 saturated carbocycles. The summed E-state index contributed by atoms with van der Waals surface area (Å²) < 4.78 is 17.3. The maximum Gasteiger partial charge on any atom is 0.288 e. The predicted molar refractivity (Wildman–Crippen MR) is 84.6 cm³/mol. The molecule has 0 atom stereocenters. The van der Waals surface area contributed by atoms with Crippen molar-refractivity contribution in [3.8, 4) is 11.1 Å². The van der Waals surface area contributed by atoms with E-state index in [2.05, 4.69) is 0 Å². The van der Waals surface area contributed by atoms with Gasteiger partial charge < -0.3 is 0 Å². The lowest BCUT2D eigenvalue weighted by Gasteiger charge is -2.06. The summed E-state index contributed by atoms with van der Waals surface area (Å²) in [7, 11) is 0. The second kappa shape index (κ2) is 5.98. The molecule has 1 aromatic heterocycles. The van der Waals surface area contributed by atoms with Crippen LogP contribution < -0.4 is 5.56 Å². The van der Waals surface area contributed by atoms with Crippen molar-refractivity contribution >= 4 is 28.9 Å². The standard InChI is InChI=1S/C14H12Cl2FN3O3/c15-9-7-10(16)11(20(22)23)6-8(9)12-13(17)18-4-2-1-3-5-19(18)14(12)21/h6-7H,1-5H2. The molecular weight excluding hydrogens is 348 g/mol. The van der Waals surface area contributed by atoms with Crippen molar-refractivity contribution < 1.29 is 9.31 Å². The molecule has 6 nitrogen and oxygen atoms in total. The number of hydrogen-bond acceptors (Lipinski definition) is 3. The van der Waals surface area contributed by atoms with Gasteiger partial charge in [-0.15, -0.1) is 0 Å². The van der Waals surface area contributed by atoms with Gasteiger partial charge in [-0.2, -0.15) is 4.39 Å². The quantitative estimate of drug-likeness (QED) is 0.603. The molecule has 23 heavy (non-hydrogen) atoms. The fourth-order valence-electron chi connectivity index (χ4n) is 2.80. The summed E-state index contributed by atoms with van der Waals surface area (Å²) in [5, 5.41) is 10.9. The van der Waals surface area contributed by atoms with Crippen molar-refractivity contribution in [2.75, 3.05) is 0 Å². The predicted octanol–water partition coefficient (Wildman–Crippen LogP) is 3.85. The van der Waals surface area contributed by atoms with Gasteiger partial charge in [-0.05, 0) is 25.3 Å². The molecule has 1 aromatic carbocycles. The third-order valence-electron chi connectivity index (χ3n) is 3.91. The van der Waals surface area contributed by atoms with Crippen molar-refractivity contribution in [1.82, 2.24) is 9.36 Å². The van der Waals surface area contributed by atoms with E-state index < -0.39 is 22.1 Å². The van der Waals surface area contributed by atoms with Gasteiger partial charge in [0.1, 0.15) is 10.6 Å². The van der Waals surface area contributed by atoms with Crippen LogP contribution in [-0.4, -0.2) is 14.3 Å². The van der Waals surface area contributed by atoms with Crippen molar-refractivity contribution in [1.29, 1.82) is 0 Å². The highest BCUT2D eigenvalue weighted by Gasteiger charge is 2.26. The topological polar surface area (TPSA) is 70.1 Å². The molecule has 0 N–H and O–H groups in total. The first-order chi connectivity index (χ1) is 10.9. The minimum atomic E-state index is -0.726. The summed E-state index contributed by atoms with van der Waals surface area (Å²) in [6.45, 7) is 0.789. The van der Waals surface area contributed by atoms with Gasteiger partial charge >= 0.3 is 0 Å². The Morgan fingerprint density at radius 3 is 2.39 bits per heavy atom. The van der Waals surface area contributed by atoms with Crippen LogP contribution in [0.4, 0.5) is 10.1 Å². The van der Waals surface area contributed by atoms with E-state index in [1.165, 1.54) is 9.36 Å². The van der Waals surface area contributed by atoms with E-state index in [1.54, 1.807) is 0 Å². The zero-order valence-electron chi connectivity index (χ0n) is 11.9. The maximum atomic E-state index is 14.7. The lowest BCUT2D eigenvalue weighted by molar-refractivity contribution is -0.384. The number of nitro groups is 1. The Balaban J connectivity index is 2.26. The molecule has 0 fully saturated rings. The molecule has 2 aromatic rings. The Morgan fingerprint density at radius 2 is 1.74 bits per heavy atom. The zero-order valence-corrected chi connectivity index (χ0v) is 13.4. The first-order valence-corrected chi connectivity index (χ1v) is 7.80. The third-order valence-corrected chi connectivity index (χ3v) is 4.53. The van der Waals surface area contributed by atoms with E-state index in [0.29, 0.717) is 13.1 Å². The van der Waals surface area contributed by atoms with Gasteiger partial charge in [0.05, 0.1) is 9.95 Å². The van der Waals surface area contributed by atoms with Crippen molar-refractivity contribution in [3.05, 3.63) is 48.6 Å². The lowest BCUT2D eigenvalue weighted by Crippen LogP contribution is -2.22. The number of fused-ring (bicyclic) bond motifs is 1. The highest BCUT2D eigenvalue weighted by Crippen LogP contribution is 2.36. The monoisotopic (exact) mass is 359 g/mol. The van der Waals surface area contributed by atoms with Crippen LogP contribution >= 0.6 is 23.2 Å². The van der Waals surface area contributed by atoms with Gasteiger partial charge in [0, 0.05) is 24.7 Å². The van der Waals surface area contributed by atoms with Crippen LogP contribution in [0.1, 0.15) is 19.3 Å². The summed E-state index contributed by atoms with van der Waals surface area (Å²) in [6, 6.07) is 2.20. The number of rotatable bonds is 2. The van der Waals surface area contributed by atoms with Crippen LogP contribution in [0, 0.1) is 16.1 Å². The van der Waals surface area contributed by atoms with E-state index in [4.69, 9.17) is 23.2 Å². The van der Waals surface area contributed by atoms with Gasteiger partial charge in [-0.25, -0.2) is 4.68 Å². The smallest absolute Gasteiger partial charge is 0.267 e. The van der Waals surface area contributed by atoms with E-state index >= 15 is 0 Å². The summed E-state index contributed by atoms with van der Waals surface area (Å²) >= 11 is 11.8. The number of aromatic nitrogens is 2. The first-order valence-electron chi connectivity index (χ1n) is 7.04. The van der Waals surface area contributed by atoms with E-state index in [9.17, 15) is 19.3 Å². The minimum absolute atomic E-state index is 0.00189. The zero-order chi connectivity index (χ0) is 16.7. The second-order valence-electron chi connectivity index (χ2n) is 5.32. The maximum absolute atomic E-state index is 14.7. The van der Waals surface area contributed by atoms with Crippen LogP contribution in [0.2, 0.25) is 10.0 Å². The van der Waals surface area contributed by atoms with Gasteiger partial charge in [0.25, 0.3) is 11.2 Å². The highest BCUT2D eigenvalue weighted by molar-refractivity contribution is 6.37. The van der Waals surface area contributed by atoms with Crippen LogP contribution in [0.15, 0.2) is 16.9 Å². The Morgan fingerprint density at radius 1 is 1.09 bits per heavy atom. The van der Waals surface area contributed by atoms with Crippen molar-refractivity contribution in [3.63, 3.8) is 0 Å². The number of hydrogen-bond donors (Lipinski definition) is 0. The Hall–Kier alpha value is -1.86. The second-order valence-corrected chi connectivity index (χ2v) is 6.13. The van der Waals surface area contributed by atoms with Gasteiger partial charge in [0.2, 0.25) is 5.95 Å². The molecule has 0 radical (unpaired) electrons. The molecule has 122 valence electrons. The summed E-state index contributed by atoms with van der Waals surface area (Å²) in [5.74, 6) is -0.726. The Kier molecular flexibility index (Phi) is 4.16. The van der Waals surface area contributed by atoms with Crippen LogP contribution in [-0.2, 0) is 13.1 Å². The molecule has 1 aliphatic rings. The van der Waals surface area contributed by atoms with E-state index in [1.807, 2.05) is 0 Å². The van der Waals surface area contributed by atoms with Crippen LogP contribution in [0.25, 0.3) is 11.1 Å². The molecule has 3 rings (SSSR count). The molecule has 0 bridgehead atoms. The summed E-state index contributed by atoms with van der Waals surface area (Å²) in [5.41, 5.74) is -1.23. The molecule has 0 aliphatic carbocycles. The fourth-order valence-corrected chi connectivity index (χ4v) is 3.35. The molecular formula is C14H12Cl2FN3O3. The average molecular weight is 360 g/mol. The number of halogens is 3. The molecule has 0 saturated heterocycles. The Labute approximate surface area is 140 Å². The molecule has 1 aliphatic heterocycles. The third kappa shape index (κ3) is 2.64. The molecule has 0 spiro atoms. The summed E-state index contributed by atoms with van der Waals surface area (Å²) in [4.78, 5) is 22.9. The average Bonchev–Trinajstić information content (AvgIpc) is 2.68. The van der Waals surface area contributed by atoms with Crippen LogP contribution in [0.5, 0.6) is 0 Å². The van der Waals surface area contributed by atoms with Gasteiger partial charge in [-0.3, -0.25) is 19.6 Å². The SMILES string of the molecule is O=c1c(-c2cc([N+](=O)[O-])c(Cl)cc2Cl)c(F)n2n1CCCCC2. The van der Waals surface area contributed by atoms with Crippen LogP contribution in [0.3, 0.4) is 0 Å². The number of nitrogens with zero attached hydrogens (tertiary/aromatic N) is 3. The molecule has 0 amide bonds. The largest absolute Gasteiger partial charge is 0.288 e. The summed E-state index contributed by atoms with van der Waals surface area (Å²) in [6.07, 6.45) is 2.45.